The average molecular weight is 268 g/mol. The zero-order valence-corrected chi connectivity index (χ0v) is 11.8. The minimum atomic E-state index is 0.354. The molecule has 0 saturated carbocycles. The summed E-state index contributed by atoms with van der Waals surface area (Å²) in [6, 6.07) is 10.8. The van der Waals surface area contributed by atoms with E-state index in [4.69, 9.17) is 4.74 Å². The van der Waals surface area contributed by atoms with Gasteiger partial charge in [-0.15, -0.1) is 0 Å². The monoisotopic (exact) mass is 268 g/mol. The summed E-state index contributed by atoms with van der Waals surface area (Å²) in [6.45, 7) is 3.76. The number of aryl methyl sites for hydroxylation is 1. The van der Waals surface area contributed by atoms with Gasteiger partial charge in [-0.25, -0.2) is 0 Å². The summed E-state index contributed by atoms with van der Waals surface area (Å²) < 4.78 is 5.91. The summed E-state index contributed by atoms with van der Waals surface area (Å²) >= 11 is 0. The van der Waals surface area contributed by atoms with Gasteiger partial charge in [0.25, 0.3) is 0 Å². The average Bonchev–Trinajstić information content (AvgIpc) is 2.70. The van der Waals surface area contributed by atoms with Crippen LogP contribution >= 0.6 is 0 Å². The highest BCUT2D eigenvalue weighted by Crippen LogP contribution is 2.34. The summed E-state index contributed by atoms with van der Waals surface area (Å²) in [5, 5.41) is 3.64. The minimum Gasteiger partial charge on any atom is -0.493 e. The van der Waals surface area contributed by atoms with Crippen molar-refractivity contribution in [2.75, 3.05) is 6.61 Å². The largest absolute Gasteiger partial charge is 0.493 e. The number of pyridine rings is 1. The second-order valence-corrected chi connectivity index (χ2v) is 5.28. The number of nitrogens with one attached hydrogen (secondary N) is 1. The van der Waals surface area contributed by atoms with Crippen LogP contribution in [0.2, 0.25) is 0 Å². The lowest BCUT2D eigenvalue weighted by Crippen LogP contribution is -2.20. The van der Waals surface area contributed by atoms with Crippen LogP contribution in [0.15, 0.2) is 42.7 Å². The molecule has 0 spiro atoms. The highest BCUT2D eigenvalue weighted by Gasteiger charge is 2.20. The Labute approximate surface area is 120 Å². The maximum absolute atomic E-state index is 5.91. The van der Waals surface area contributed by atoms with Gasteiger partial charge in [0.2, 0.25) is 0 Å². The maximum Gasteiger partial charge on any atom is 0.126 e. The lowest BCUT2D eigenvalue weighted by atomic mass is 9.99. The number of benzene rings is 1. The Morgan fingerprint density at radius 2 is 2.25 bits per heavy atom. The molecule has 0 radical (unpaired) electrons. The fourth-order valence-electron chi connectivity index (χ4n) is 2.72. The van der Waals surface area contributed by atoms with Gasteiger partial charge in [0, 0.05) is 30.5 Å². The molecule has 3 heteroatoms. The Bertz CT molecular complexity index is 568. The smallest absolute Gasteiger partial charge is 0.126 e. The van der Waals surface area contributed by atoms with Crippen molar-refractivity contribution in [3.05, 3.63) is 59.4 Å². The number of fused-ring (bicyclic) bond motifs is 1. The fraction of sp³-hybridized carbons (Fsp3) is 0.353. The van der Waals surface area contributed by atoms with Crippen LogP contribution in [0.25, 0.3) is 0 Å². The summed E-state index contributed by atoms with van der Waals surface area (Å²) in [7, 11) is 0. The molecule has 0 fully saturated rings. The predicted octanol–water partition coefficient (Wildman–Crippen LogP) is 3.39. The molecule has 1 aliphatic rings. The Kier molecular flexibility index (Phi) is 3.97. The first kappa shape index (κ1) is 13.1. The number of hydrogen-bond donors (Lipinski definition) is 1. The van der Waals surface area contributed by atoms with E-state index in [1.807, 2.05) is 18.5 Å². The van der Waals surface area contributed by atoms with Crippen molar-refractivity contribution in [1.82, 2.24) is 10.3 Å². The topological polar surface area (TPSA) is 34.1 Å². The highest BCUT2D eigenvalue weighted by atomic mass is 16.5. The summed E-state index contributed by atoms with van der Waals surface area (Å²) in [4.78, 5) is 4.16. The molecule has 0 bridgehead atoms. The van der Waals surface area contributed by atoms with E-state index in [0.717, 1.165) is 31.7 Å². The van der Waals surface area contributed by atoms with E-state index in [1.54, 1.807) is 0 Å². The van der Waals surface area contributed by atoms with Gasteiger partial charge in [-0.05, 0) is 37.0 Å². The first-order valence-corrected chi connectivity index (χ1v) is 7.19. The second-order valence-electron chi connectivity index (χ2n) is 5.28. The van der Waals surface area contributed by atoms with Gasteiger partial charge in [-0.1, -0.05) is 24.3 Å². The maximum atomic E-state index is 5.91. The van der Waals surface area contributed by atoms with Crippen molar-refractivity contribution in [1.29, 1.82) is 0 Å². The van der Waals surface area contributed by atoms with Crippen LogP contribution in [-0.2, 0) is 6.54 Å². The highest BCUT2D eigenvalue weighted by molar-refractivity contribution is 5.43. The van der Waals surface area contributed by atoms with Crippen LogP contribution < -0.4 is 10.1 Å². The third kappa shape index (κ3) is 2.83. The first-order valence-electron chi connectivity index (χ1n) is 7.19. The van der Waals surface area contributed by atoms with Crippen molar-refractivity contribution in [2.45, 2.75) is 32.4 Å². The van der Waals surface area contributed by atoms with Crippen molar-refractivity contribution >= 4 is 0 Å². The molecule has 2 aromatic rings. The number of aromatic nitrogens is 1. The van der Waals surface area contributed by atoms with E-state index >= 15 is 0 Å². The molecule has 3 nitrogen and oxygen atoms in total. The molecule has 1 aromatic heterocycles. The third-order valence-corrected chi connectivity index (χ3v) is 3.78. The normalized spacial score (nSPS) is 17.9. The van der Waals surface area contributed by atoms with Gasteiger partial charge >= 0.3 is 0 Å². The molecule has 0 aliphatic carbocycles. The molecule has 2 heterocycles. The number of hydrogen-bond acceptors (Lipinski definition) is 3. The van der Waals surface area contributed by atoms with E-state index in [2.05, 4.69) is 41.5 Å². The predicted molar refractivity (Wildman–Crippen MR) is 79.7 cm³/mol. The molecule has 1 aromatic carbocycles. The van der Waals surface area contributed by atoms with E-state index in [-0.39, 0.29) is 0 Å². The summed E-state index contributed by atoms with van der Waals surface area (Å²) in [5.74, 6) is 1.06. The molecular formula is C17H20N2O. The minimum absolute atomic E-state index is 0.354. The van der Waals surface area contributed by atoms with Crippen molar-refractivity contribution in [3.8, 4) is 5.75 Å². The molecule has 1 aliphatic heterocycles. The molecular weight excluding hydrogens is 248 g/mol. The Morgan fingerprint density at radius 3 is 3.10 bits per heavy atom. The van der Waals surface area contributed by atoms with Crippen molar-refractivity contribution in [3.63, 3.8) is 0 Å². The molecule has 0 amide bonds. The Hall–Kier alpha value is -1.87. The number of ether oxygens (including phenoxy) is 1. The van der Waals surface area contributed by atoms with E-state index < -0.39 is 0 Å². The van der Waals surface area contributed by atoms with Crippen LogP contribution in [0, 0.1) is 6.92 Å². The zero-order chi connectivity index (χ0) is 13.8. The van der Waals surface area contributed by atoms with Crippen molar-refractivity contribution in [2.24, 2.45) is 0 Å². The summed E-state index contributed by atoms with van der Waals surface area (Å²) in [6.07, 6.45) is 5.91. The van der Waals surface area contributed by atoms with Gasteiger partial charge in [0.15, 0.2) is 0 Å². The number of para-hydroxylation sites is 1. The molecule has 104 valence electrons. The van der Waals surface area contributed by atoms with Crippen molar-refractivity contribution < 1.29 is 4.74 Å². The van der Waals surface area contributed by atoms with Crippen LogP contribution in [-0.4, -0.2) is 11.6 Å². The van der Waals surface area contributed by atoms with E-state index in [0.29, 0.717) is 6.04 Å². The second kappa shape index (κ2) is 6.06. The number of rotatable bonds is 3. The van der Waals surface area contributed by atoms with Crippen LogP contribution in [0.1, 0.15) is 35.6 Å². The van der Waals surface area contributed by atoms with E-state index in [1.165, 1.54) is 16.7 Å². The molecule has 1 atom stereocenters. The van der Waals surface area contributed by atoms with Gasteiger partial charge in [0.1, 0.15) is 5.75 Å². The van der Waals surface area contributed by atoms with Gasteiger partial charge in [-0.2, -0.15) is 0 Å². The molecule has 1 N–H and O–H groups in total. The van der Waals surface area contributed by atoms with Crippen LogP contribution in [0.3, 0.4) is 0 Å². The van der Waals surface area contributed by atoms with Gasteiger partial charge in [-0.3, -0.25) is 4.98 Å². The molecule has 20 heavy (non-hydrogen) atoms. The summed E-state index contributed by atoms with van der Waals surface area (Å²) in [5.41, 5.74) is 3.72. The molecule has 0 saturated heterocycles. The van der Waals surface area contributed by atoms with Crippen LogP contribution in [0.5, 0.6) is 5.75 Å². The standard InChI is InChI=1S/C17H20N2O/c1-13-5-2-7-15-16(8-4-10-20-17(13)15)19-12-14-6-3-9-18-11-14/h2-3,5-7,9,11,16,19H,4,8,10,12H2,1H3. The lowest BCUT2D eigenvalue weighted by Gasteiger charge is -2.19. The zero-order valence-electron chi connectivity index (χ0n) is 11.8. The molecule has 3 rings (SSSR count). The lowest BCUT2D eigenvalue weighted by molar-refractivity contribution is 0.313. The van der Waals surface area contributed by atoms with E-state index in [9.17, 15) is 0 Å². The molecule has 1 unspecified atom stereocenters. The van der Waals surface area contributed by atoms with Gasteiger partial charge in [0.05, 0.1) is 6.61 Å². The van der Waals surface area contributed by atoms with Gasteiger partial charge < -0.3 is 10.1 Å². The first-order chi connectivity index (χ1) is 9.84. The van der Waals surface area contributed by atoms with Crippen LogP contribution in [0.4, 0.5) is 0 Å². The quantitative estimate of drug-likeness (QED) is 0.926. The Balaban J connectivity index is 1.78. The number of nitrogens with zero attached hydrogens (tertiary/aromatic N) is 1. The Morgan fingerprint density at radius 1 is 1.30 bits per heavy atom. The fourth-order valence-corrected chi connectivity index (χ4v) is 2.72. The SMILES string of the molecule is Cc1cccc2c1OCCCC2NCc1cccnc1. The third-order valence-electron chi connectivity index (χ3n) is 3.78.